The number of pyridine rings is 1. The van der Waals surface area contributed by atoms with Gasteiger partial charge in [0.1, 0.15) is 22.7 Å². The number of rotatable bonds is 9. The third-order valence-corrected chi connectivity index (χ3v) is 9.36. The number of halogens is 1. The largest absolute Gasteiger partial charge is 0.497 e. The molecule has 1 aliphatic carbocycles. The van der Waals surface area contributed by atoms with Crippen LogP contribution in [0.3, 0.4) is 0 Å². The Morgan fingerprint density at radius 3 is 2.43 bits per heavy atom. The summed E-state index contributed by atoms with van der Waals surface area (Å²) in [4.78, 5) is 40.3. The smallest absolute Gasteiger partial charge is 0.410 e. The van der Waals surface area contributed by atoms with E-state index in [-0.39, 0.29) is 17.7 Å². The van der Waals surface area contributed by atoms with E-state index in [0.717, 1.165) is 51.1 Å². The minimum Gasteiger partial charge on any atom is -0.497 e. The summed E-state index contributed by atoms with van der Waals surface area (Å²) >= 11 is 6.75. The maximum Gasteiger partial charge on any atom is 0.410 e. The molecule has 0 bridgehead atoms. The number of nitrogens with zero attached hydrogens (tertiary/aromatic N) is 5. The molecule has 0 unspecified atom stereocenters. The number of amides is 1. The van der Waals surface area contributed by atoms with Gasteiger partial charge in [-0.15, -0.1) is 0 Å². The average Bonchev–Trinajstić information content (AvgIpc) is 2.98. The van der Waals surface area contributed by atoms with E-state index in [0.29, 0.717) is 70.7 Å². The van der Waals surface area contributed by atoms with Crippen molar-refractivity contribution in [3.8, 4) is 22.6 Å². The highest BCUT2D eigenvalue weighted by molar-refractivity contribution is 6.35. The van der Waals surface area contributed by atoms with Gasteiger partial charge in [-0.2, -0.15) is 4.98 Å². The highest BCUT2D eigenvalue weighted by Crippen LogP contribution is 2.47. The van der Waals surface area contributed by atoms with Crippen LogP contribution in [0.4, 0.5) is 10.7 Å². The second-order valence-electron chi connectivity index (χ2n) is 13.6. The van der Waals surface area contributed by atoms with Gasteiger partial charge in [0.25, 0.3) is 5.56 Å². The average molecular weight is 655 g/mol. The minimum absolute atomic E-state index is 0.210. The lowest BCUT2D eigenvalue weighted by atomic mass is 9.64. The lowest BCUT2D eigenvalue weighted by molar-refractivity contribution is -0.160. The van der Waals surface area contributed by atoms with E-state index in [1.54, 1.807) is 41.0 Å². The summed E-state index contributed by atoms with van der Waals surface area (Å²) in [5.74, 6) is 1.45. The number of hydrogen-bond donors (Lipinski definition) is 1. The fraction of sp³-hybridized carbons (Fsp3) is 0.576. The van der Waals surface area contributed by atoms with Gasteiger partial charge in [-0.05, 0) is 58.7 Å². The molecule has 248 valence electrons. The Kier molecular flexibility index (Phi) is 9.06. The Balaban J connectivity index is 1.24. The number of anilines is 1. The Hall–Kier alpha value is -3.61. The van der Waals surface area contributed by atoms with Crippen molar-refractivity contribution in [2.45, 2.75) is 58.2 Å². The van der Waals surface area contributed by atoms with Gasteiger partial charge in [0.15, 0.2) is 0 Å². The number of aromatic nitrogens is 3. The highest BCUT2D eigenvalue weighted by atomic mass is 35.5. The normalized spacial score (nSPS) is 18.3. The van der Waals surface area contributed by atoms with Crippen molar-refractivity contribution in [3.63, 3.8) is 0 Å². The second-order valence-corrected chi connectivity index (χ2v) is 14.0. The molecule has 1 aromatic carbocycles. The monoisotopic (exact) mass is 654 g/mol. The summed E-state index contributed by atoms with van der Waals surface area (Å²) in [6, 6.07) is 5.51. The van der Waals surface area contributed by atoms with E-state index in [4.69, 9.17) is 35.5 Å². The first-order valence-electron chi connectivity index (χ1n) is 15.8. The fourth-order valence-corrected chi connectivity index (χ4v) is 6.78. The summed E-state index contributed by atoms with van der Waals surface area (Å²) in [6.07, 6.45) is 4.23. The van der Waals surface area contributed by atoms with E-state index in [1.807, 2.05) is 20.8 Å². The van der Waals surface area contributed by atoms with Crippen LogP contribution in [0.15, 0.2) is 29.2 Å². The molecule has 3 aliphatic rings. The molecule has 4 heterocycles. The highest BCUT2D eigenvalue weighted by Gasteiger charge is 2.50. The van der Waals surface area contributed by atoms with Gasteiger partial charge in [0.2, 0.25) is 5.95 Å². The molecule has 0 atom stereocenters. The predicted molar refractivity (Wildman–Crippen MR) is 176 cm³/mol. The summed E-state index contributed by atoms with van der Waals surface area (Å²) in [7, 11) is 3.09. The summed E-state index contributed by atoms with van der Waals surface area (Å²) in [5, 5.41) is 4.51. The number of piperazine rings is 1. The molecule has 46 heavy (non-hydrogen) atoms. The van der Waals surface area contributed by atoms with Gasteiger partial charge in [-0.3, -0.25) is 14.3 Å². The fourth-order valence-electron chi connectivity index (χ4n) is 6.49. The number of carbonyl (C=O) groups is 1. The van der Waals surface area contributed by atoms with Gasteiger partial charge in [0.05, 0.1) is 32.5 Å². The first-order chi connectivity index (χ1) is 22.0. The lowest BCUT2D eigenvalue weighted by Gasteiger charge is -2.53. The van der Waals surface area contributed by atoms with Gasteiger partial charge in [-0.25, -0.2) is 9.78 Å². The minimum atomic E-state index is -0.524. The number of hydrogen-bond acceptors (Lipinski definition) is 10. The molecule has 3 fully saturated rings. The maximum absolute atomic E-state index is 14.2. The van der Waals surface area contributed by atoms with Crippen LogP contribution in [0, 0.1) is 5.41 Å². The molecule has 1 spiro atoms. The zero-order valence-corrected chi connectivity index (χ0v) is 28.0. The van der Waals surface area contributed by atoms with E-state index in [1.165, 1.54) is 7.11 Å². The van der Waals surface area contributed by atoms with Gasteiger partial charge in [0, 0.05) is 73.0 Å². The van der Waals surface area contributed by atoms with E-state index >= 15 is 0 Å². The van der Waals surface area contributed by atoms with Crippen LogP contribution in [-0.2, 0) is 16.0 Å². The van der Waals surface area contributed by atoms with Gasteiger partial charge < -0.3 is 29.2 Å². The number of fused-ring (bicyclic) bond motifs is 1. The molecule has 0 radical (unpaired) electrons. The molecule has 1 N–H and O–H groups in total. The van der Waals surface area contributed by atoms with Crippen molar-refractivity contribution in [2.75, 3.05) is 65.5 Å². The molecule has 1 saturated carbocycles. The number of benzene rings is 1. The van der Waals surface area contributed by atoms with Crippen molar-refractivity contribution < 1.29 is 23.7 Å². The Labute approximate surface area is 273 Å². The zero-order valence-electron chi connectivity index (χ0n) is 27.2. The van der Waals surface area contributed by atoms with Crippen LogP contribution in [-0.4, -0.2) is 102 Å². The van der Waals surface area contributed by atoms with Crippen molar-refractivity contribution in [2.24, 2.45) is 5.41 Å². The SMILES string of the molecule is COc1cc(OC)c(Cl)c(-c2cc3cnc(NC4CC5(COC5)C4)nc3n(CCCN3CCN(C(=O)OC(C)(C)C)CC3)c2=O)c1. The molecule has 1 amide bonds. The van der Waals surface area contributed by atoms with E-state index in [9.17, 15) is 9.59 Å². The van der Waals surface area contributed by atoms with Gasteiger partial charge >= 0.3 is 6.09 Å². The number of ether oxygens (including phenoxy) is 4. The molecule has 2 aromatic heterocycles. The van der Waals surface area contributed by atoms with Crippen molar-refractivity contribution in [1.29, 1.82) is 0 Å². The standard InChI is InChI=1S/C33H43ClN6O6/c1-32(2,3)46-31(42)39-11-9-38(10-12-39)7-6-8-40-28-21(18-35-30(37-28)36-22-16-33(17-22)19-45-20-33)13-25(29(40)41)24-14-23(43-4)15-26(44-5)27(24)34/h13-15,18,22H,6-12,16-17,19-20H2,1-5H3,(H,35,36,37). The van der Waals surface area contributed by atoms with E-state index < -0.39 is 5.60 Å². The Bertz CT molecular complexity index is 1650. The van der Waals surface area contributed by atoms with E-state index in [2.05, 4.69) is 15.2 Å². The first-order valence-corrected chi connectivity index (χ1v) is 16.2. The topological polar surface area (TPSA) is 120 Å². The first kappa shape index (κ1) is 32.3. The van der Waals surface area contributed by atoms with Crippen LogP contribution in [0.5, 0.6) is 11.5 Å². The van der Waals surface area contributed by atoms with Crippen LogP contribution in [0.2, 0.25) is 5.02 Å². The second kappa shape index (κ2) is 12.9. The maximum atomic E-state index is 14.2. The summed E-state index contributed by atoms with van der Waals surface area (Å²) in [5.41, 5.74) is 1.06. The van der Waals surface area contributed by atoms with Crippen LogP contribution < -0.4 is 20.3 Å². The third kappa shape index (κ3) is 6.74. The van der Waals surface area contributed by atoms with Crippen molar-refractivity contribution in [3.05, 3.63) is 39.8 Å². The molecule has 3 aromatic rings. The number of methoxy groups -OCH3 is 2. The molecule has 2 saturated heterocycles. The van der Waals surface area contributed by atoms with Crippen molar-refractivity contribution in [1.82, 2.24) is 24.3 Å². The molecule has 13 heteroatoms. The lowest BCUT2D eigenvalue weighted by Crippen LogP contribution is -2.56. The Morgan fingerprint density at radius 1 is 1.07 bits per heavy atom. The zero-order chi connectivity index (χ0) is 32.6. The molecular formula is C33H43ClN6O6. The summed E-state index contributed by atoms with van der Waals surface area (Å²) < 4.78 is 23.6. The predicted octanol–water partition coefficient (Wildman–Crippen LogP) is 4.66. The molecular weight excluding hydrogens is 612 g/mol. The van der Waals surface area contributed by atoms with Crippen LogP contribution >= 0.6 is 11.6 Å². The molecule has 12 nitrogen and oxygen atoms in total. The van der Waals surface area contributed by atoms with Gasteiger partial charge in [-0.1, -0.05) is 11.6 Å². The number of nitrogens with one attached hydrogen (secondary N) is 1. The van der Waals surface area contributed by atoms with Crippen LogP contribution in [0.25, 0.3) is 22.2 Å². The number of carbonyl (C=O) groups excluding carboxylic acids is 1. The molecule has 6 rings (SSSR count). The third-order valence-electron chi connectivity index (χ3n) is 8.97. The van der Waals surface area contributed by atoms with Crippen molar-refractivity contribution >= 4 is 34.7 Å². The van der Waals surface area contributed by atoms with Crippen LogP contribution in [0.1, 0.15) is 40.0 Å². The summed E-state index contributed by atoms with van der Waals surface area (Å²) in [6.45, 7) is 11.1. The number of aryl methyl sites for hydroxylation is 1. The quantitative estimate of drug-likeness (QED) is 0.349. The molecule has 2 aliphatic heterocycles. The Morgan fingerprint density at radius 2 is 1.80 bits per heavy atom.